The summed E-state index contributed by atoms with van der Waals surface area (Å²) in [5, 5.41) is 3.96. The normalized spacial score (nSPS) is 15.6. The van der Waals surface area contributed by atoms with E-state index in [1.54, 1.807) is 78.0 Å². The van der Waals surface area contributed by atoms with Crippen LogP contribution in [0.15, 0.2) is 108 Å². The van der Waals surface area contributed by atoms with Crippen LogP contribution in [0.4, 0.5) is 17.3 Å². The van der Waals surface area contributed by atoms with Crippen molar-refractivity contribution < 1.29 is 14.4 Å². The molecule has 4 aromatic carbocycles. The van der Waals surface area contributed by atoms with Crippen LogP contribution in [0.2, 0.25) is 10.0 Å². The third-order valence-electron chi connectivity index (χ3n) is 13.3. The molecule has 360 valence electrons. The zero-order valence-electron chi connectivity index (χ0n) is 39.1. The second-order valence-electron chi connectivity index (χ2n) is 18.0. The molecule has 0 spiro atoms. The smallest absolute Gasteiger partial charge is 0.253 e. The molecule has 71 heavy (non-hydrogen) atoms. The van der Waals surface area contributed by atoms with Crippen LogP contribution in [0.1, 0.15) is 81.5 Å². The second-order valence-corrected chi connectivity index (χ2v) is 18.9. The van der Waals surface area contributed by atoms with E-state index in [2.05, 4.69) is 43.5 Å². The number of aliphatic imine (C=N–C) groups is 1. The van der Waals surface area contributed by atoms with Gasteiger partial charge >= 0.3 is 0 Å². The van der Waals surface area contributed by atoms with Crippen molar-refractivity contribution in [2.75, 3.05) is 62.2 Å². The summed E-state index contributed by atoms with van der Waals surface area (Å²) >= 11 is 13.2. The Hall–Kier alpha value is -7.62. The van der Waals surface area contributed by atoms with Crippen molar-refractivity contribution in [3.8, 4) is 23.7 Å². The molecule has 14 nitrogen and oxygen atoms in total. The first-order valence-electron chi connectivity index (χ1n) is 23.7. The number of guanidine groups is 1. The number of nitrogens with zero attached hydrogens (tertiary/aromatic N) is 7. The molecule has 0 unspecified atom stereocenters. The number of rotatable bonds is 8. The molecule has 5 heterocycles. The molecule has 3 saturated heterocycles. The SMILES string of the molecule is NC(N)=NC1CCN(C(=O)c2ccc(C#Cc3c(N)ncc4c(N(C(=O)/C=C/CN5CCCC5)C5CCN(C(=O)c6ccc(C#Cc7c(N)ncc8ccc(Cl)cc78)cc6)CC5)cc(Cl)cc34)cc2)CC1. The first kappa shape index (κ1) is 48.4. The quantitative estimate of drug-likeness (QED) is 0.0521. The predicted molar refractivity (Wildman–Crippen MR) is 283 cm³/mol. The monoisotopic (exact) mass is 985 g/mol. The average Bonchev–Trinajstić information content (AvgIpc) is 3.90. The molecule has 0 radical (unpaired) electrons. The molecule has 0 atom stereocenters. The van der Waals surface area contributed by atoms with E-state index in [-0.39, 0.29) is 41.6 Å². The molecule has 9 rings (SSSR count). The fraction of sp³-hybridized carbons (Fsp3) is 0.273. The summed E-state index contributed by atoms with van der Waals surface area (Å²) < 4.78 is 0. The molecule has 0 bridgehead atoms. The van der Waals surface area contributed by atoms with Crippen molar-refractivity contribution >= 4 is 85.8 Å². The van der Waals surface area contributed by atoms with Gasteiger partial charge in [-0.2, -0.15) is 0 Å². The van der Waals surface area contributed by atoms with Gasteiger partial charge in [-0.25, -0.2) is 9.97 Å². The van der Waals surface area contributed by atoms with Gasteiger partial charge in [0.05, 0.1) is 22.9 Å². The van der Waals surface area contributed by atoms with Crippen molar-refractivity contribution in [2.45, 2.75) is 50.6 Å². The van der Waals surface area contributed by atoms with Gasteiger partial charge in [-0.1, -0.05) is 59.0 Å². The number of aromatic nitrogens is 2. The number of carbonyl (C=O) groups is 3. The maximum absolute atomic E-state index is 14.5. The van der Waals surface area contributed by atoms with E-state index in [4.69, 9.17) is 46.1 Å². The average molecular weight is 987 g/mol. The maximum atomic E-state index is 14.5. The van der Waals surface area contributed by atoms with Crippen molar-refractivity contribution in [3.63, 3.8) is 0 Å². The molecule has 16 heteroatoms. The molecule has 3 aliphatic rings. The van der Waals surface area contributed by atoms with E-state index < -0.39 is 0 Å². The lowest BCUT2D eigenvalue weighted by Crippen LogP contribution is -2.48. The van der Waals surface area contributed by atoms with Gasteiger partial charge in [0.2, 0.25) is 0 Å². The van der Waals surface area contributed by atoms with Crippen LogP contribution in [0, 0.1) is 23.7 Å². The van der Waals surface area contributed by atoms with E-state index in [0.717, 1.165) is 36.7 Å². The van der Waals surface area contributed by atoms with Gasteiger partial charge < -0.3 is 37.6 Å². The van der Waals surface area contributed by atoms with Crippen LogP contribution in [0.25, 0.3) is 21.5 Å². The van der Waals surface area contributed by atoms with Crippen molar-refractivity contribution in [2.24, 2.45) is 16.5 Å². The number of carbonyl (C=O) groups excluding carboxylic acids is 3. The van der Waals surface area contributed by atoms with Gasteiger partial charge in [-0.05, 0) is 124 Å². The zero-order chi connectivity index (χ0) is 49.6. The highest BCUT2D eigenvalue weighted by Crippen LogP contribution is 2.37. The first-order chi connectivity index (χ1) is 34.4. The molecule has 8 N–H and O–H groups in total. The first-order valence-corrected chi connectivity index (χ1v) is 24.5. The highest BCUT2D eigenvalue weighted by molar-refractivity contribution is 6.32. The van der Waals surface area contributed by atoms with E-state index in [9.17, 15) is 14.4 Å². The van der Waals surface area contributed by atoms with E-state index in [0.29, 0.717) is 124 Å². The van der Waals surface area contributed by atoms with Crippen molar-refractivity contribution in [1.82, 2.24) is 24.7 Å². The van der Waals surface area contributed by atoms with Crippen LogP contribution in [-0.4, -0.2) is 106 Å². The highest BCUT2D eigenvalue weighted by atomic mass is 35.5. The Labute approximate surface area is 422 Å². The Kier molecular flexibility index (Phi) is 14.7. The van der Waals surface area contributed by atoms with Gasteiger partial charge in [-0.3, -0.25) is 24.3 Å². The number of hydrogen-bond acceptors (Lipinski definition) is 9. The number of benzene rings is 4. The number of halogens is 2. The van der Waals surface area contributed by atoms with Crippen LogP contribution in [0.5, 0.6) is 0 Å². The summed E-state index contributed by atoms with van der Waals surface area (Å²) in [6, 6.07) is 23.1. The summed E-state index contributed by atoms with van der Waals surface area (Å²) in [5.74, 6) is 12.9. The molecule has 0 aliphatic carbocycles. The Balaban J connectivity index is 0.933. The Bertz CT molecular complexity index is 3200. The van der Waals surface area contributed by atoms with Gasteiger partial charge in [0, 0.05) is 111 Å². The van der Waals surface area contributed by atoms with Crippen LogP contribution in [-0.2, 0) is 4.79 Å². The summed E-state index contributed by atoms with van der Waals surface area (Å²) in [7, 11) is 0. The molecule has 0 saturated carbocycles. The number of hydrogen-bond donors (Lipinski definition) is 4. The summed E-state index contributed by atoms with van der Waals surface area (Å²) in [6.07, 6.45) is 11.6. The molecular formula is C55H53Cl2N11O3. The minimum atomic E-state index is -0.272. The van der Waals surface area contributed by atoms with Gasteiger partial charge in [0.1, 0.15) is 11.6 Å². The van der Waals surface area contributed by atoms with E-state index in [1.807, 2.05) is 40.1 Å². The molecule has 2 aromatic heterocycles. The third-order valence-corrected chi connectivity index (χ3v) is 13.8. The topological polar surface area (TPSA) is 206 Å². The Morgan fingerprint density at radius 3 is 1.80 bits per heavy atom. The van der Waals surface area contributed by atoms with Crippen LogP contribution in [0.3, 0.4) is 0 Å². The minimum absolute atomic E-state index is 0.0118. The fourth-order valence-corrected chi connectivity index (χ4v) is 9.93. The molecule has 3 fully saturated rings. The Morgan fingerprint density at radius 2 is 1.21 bits per heavy atom. The Morgan fingerprint density at radius 1 is 0.662 bits per heavy atom. The van der Waals surface area contributed by atoms with Gasteiger partial charge in [0.15, 0.2) is 5.96 Å². The van der Waals surface area contributed by atoms with Crippen molar-refractivity contribution in [3.05, 3.63) is 147 Å². The van der Waals surface area contributed by atoms with Gasteiger partial charge in [-0.15, -0.1) is 0 Å². The largest absolute Gasteiger partial charge is 0.383 e. The maximum Gasteiger partial charge on any atom is 0.253 e. The molecule has 3 aliphatic heterocycles. The molecule has 3 amide bonds. The number of likely N-dealkylation sites (tertiary alicyclic amines) is 3. The predicted octanol–water partition coefficient (Wildman–Crippen LogP) is 7.22. The number of amides is 3. The summed E-state index contributed by atoms with van der Waals surface area (Å²) in [5.41, 5.74) is 27.9. The van der Waals surface area contributed by atoms with Crippen LogP contribution < -0.4 is 27.8 Å². The highest BCUT2D eigenvalue weighted by Gasteiger charge is 2.32. The fourth-order valence-electron chi connectivity index (χ4n) is 9.55. The zero-order valence-corrected chi connectivity index (χ0v) is 40.6. The number of anilines is 3. The minimum Gasteiger partial charge on any atom is -0.383 e. The van der Waals surface area contributed by atoms with E-state index >= 15 is 0 Å². The van der Waals surface area contributed by atoms with Crippen molar-refractivity contribution in [1.29, 1.82) is 0 Å². The lowest BCUT2D eigenvalue weighted by atomic mass is 9.98. The standard InChI is InChI=1S/C55H53Cl2N11O3/c56-40-16-15-39-33-62-51(58)44(46(39)30-40)17-9-35-5-13-38(14-6-35)54(71)67-28-21-43(22-29-67)68(50(69)4-3-25-65-23-1-2-24-65)49-32-41(57)31-47-45(52(59)63-34-48(47)49)18-10-36-7-11-37(12-8-36)53(70)66-26-19-42(20-27-66)64-55(60)61/h3-8,11-16,30-34,42-43H,1-2,19-29H2,(H2,58,62)(H2,59,63)(H4,60,61,64)/b4-3+. The number of nitrogen functional groups attached to an aromatic ring is 2. The van der Waals surface area contributed by atoms with E-state index in [1.165, 1.54) is 0 Å². The third kappa shape index (κ3) is 11.2. The van der Waals surface area contributed by atoms with Gasteiger partial charge in [0.25, 0.3) is 17.7 Å². The van der Waals surface area contributed by atoms with Crippen LogP contribution >= 0.6 is 23.2 Å². The lowest BCUT2D eigenvalue weighted by molar-refractivity contribution is -0.114. The number of pyridine rings is 2. The number of fused-ring (bicyclic) bond motifs is 2. The summed E-state index contributed by atoms with van der Waals surface area (Å²) in [6.45, 7) is 4.63. The summed E-state index contributed by atoms with van der Waals surface area (Å²) in [4.78, 5) is 62.7. The molecule has 6 aromatic rings. The number of piperidine rings is 2. The second kappa shape index (κ2) is 21.6. The molecular weight excluding hydrogens is 934 g/mol. The lowest BCUT2D eigenvalue weighted by Gasteiger charge is -2.38. The number of nitrogens with two attached hydrogens (primary N) is 4.